The maximum absolute atomic E-state index is 12.3. The molecule has 1 aromatic carbocycles. The minimum Gasteiger partial charge on any atom is -0.477 e. The lowest BCUT2D eigenvalue weighted by molar-refractivity contribution is 0.0695. The lowest BCUT2D eigenvalue weighted by atomic mass is 10.0. The molecule has 0 amide bonds. The number of hydrogen-bond donors (Lipinski definition) is 2. The maximum atomic E-state index is 12.3. The van der Waals surface area contributed by atoms with E-state index in [-0.39, 0.29) is 12.2 Å². The van der Waals surface area contributed by atoms with Crippen molar-refractivity contribution in [3.05, 3.63) is 45.7 Å². The Balaban J connectivity index is 2.06. The van der Waals surface area contributed by atoms with Gasteiger partial charge in [0.2, 0.25) is 5.43 Å². The van der Waals surface area contributed by atoms with Crippen molar-refractivity contribution in [1.82, 2.24) is 4.57 Å². The Morgan fingerprint density at radius 2 is 2.00 bits per heavy atom. The lowest BCUT2D eigenvalue weighted by Crippen LogP contribution is -2.18. The van der Waals surface area contributed by atoms with E-state index in [4.69, 9.17) is 14.9 Å². The van der Waals surface area contributed by atoms with E-state index < -0.39 is 11.4 Å². The maximum Gasteiger partial charge on any atom is 0.341 e. The summed E-state index contributed by atoms with van der Waals surface area (Å²) in [5.74, 6) is -1.20. The quantitative estimate of drug-likeness (QED) is 0.685. The van der Waals surface area contributed by atoms with E-state index in [2.05, 4.69) is 0 Å². The van der Waals surface area contributed by atoms with Gasteiger partial charge in [-0.25, -0.2) is 4.79 Å². The first-order valence-corrected chi connectivity index (χ1v) is 8.08. The molecule has 0 unspecified atom stereocenters. The van der Waals surface area contributed by atoms with Gasteiger partial charge in [-0.15, -0.1) is 0 Å². The van der Waals surface area contributed by atoms with Crippen LogP contribution in [0.25, 0.3) is 10.9 Å². The largest absolute Gasteiger partial charge is 0.477 e. The molecule has 2 rings (SSSR count). The molecule has 2 aromatic rings. The summed E-state index contributed by atoms with van der Waals surface area (Å²) in [4.78, 5) is 23.5. The van der Waals surface area contributed by atoms with Gasteiger partial charge in [-0.1, -0.05) is 12.5 Å². The fraction of sp³-hybridized carbons (Fsp3) is 0.444. The smallest absolute Gasteiger partial charge is 0.341 e. The third-order valence-corrected chi connectivity index (χ3v) is 3.97. The van der Waals surface area contributed by atoms with Gasteiger partial charge in [0.25, 0.3) is 0 Å². The number of hydrogen-bond acceptors (Lipinski definition) is 4. The fourth-order valence-electron chi connectivity index (χ4n) is 2.72. The summed E-state index contributed by atoms with van der Waals surface area (Å²) in [5.41, 5.74) is 1.11. The number of aliphatic hydroxyl groups excluding tert-OH is 1. The Labute approximate surface area is 140 Å². The highest BCUT2D eigenvalue weighted by Crippen LogP contribution is 2.15. The van der Waals surface area contributed by atoms with Gasteiger partial charge in [-0.3, -0.25) is 4.79 Å². The Morgan fingerprint density at radius 3 is 2.71 bits per heavy atom. The van der Waals surface area contributed by atoms with Crippen molar-refractivity contribution in [2.24, 2.45) is 7.05 Å². The van der Waals surface area contributed by atoms with E-state index >= 15 is 0 Å². The number of aromatic nitrogens is 1. The minimum atomic E-state index is -1.20. The zero-order valence-corrected chi connectivity index (χ0v) is 13.8. The fourth-order valence-corrected chi connectivity index (χ4v) is 2.72. The molecule has 0 aliphatic carbocycles. The van der Waals surface area contributed by atoms with Crippen LogP contribution in [0.3, 0.4) is 0 Å². The molecule has 24 heavy (non-hydrogen) atoms. The van der Waals surface area contributed by atoms with Crippen LogP contribution < -0.4 is 5.43 Å². The molecule has 1 aromatic heterocycles. The summed E-state index contributed by atoms with van der Waals surface area (Å²) < 4.78 is 6.88. The summed E-state index contributed by atoms with van der Waals surface area (Å²) in [6.45, 7) is 1.06. The van der Waals surface area contributed by atoms with Crippen LogP contribution in [0.15, 0.2) is 29.2 Å². The number of aryl methyl sites for hydroxylation is 2. The summed E-state index contributed by atoms with van der Waals surface area (Å²) in [6, 6.07) is 5.64. The molecule has 0 saturated carbocycles. The number of rotatable bonds is 9. The van der Waals surface area contributed by atoms with Gasteiger partial charge >= 0.3 is 5.97 Å². The van der Waals surface area contributed by atoms with Crippen molar-refractivity contribution < 1.29 is 19.7 Å². The number of pyridine rings is 1. The van der Waals surface area contributed by atoms with Crippen molar-refractivity contribution in [3.8, 4) is 0 Å². The summed E-state index contributed by atoms with van der Waals surface area (Å²) >= 11 is 0. The van der Waals surface area contributed by atoms with E-state index in [0.29, 0.717) is 18.6 Å². The van der Waals surface area contributed by atoms with Crippen molar-refractivity contribution in [2.75, 3.05) is 19.8 Å². The van der Waals surface area contributed by atoms with Crippen LogP contribution in [0.5, 0.6) is 0 Å². The van der Waals surface area contributed by atoms with E-state index in [1.165, 1.54) is 6.20 Å². The Morgan fingerprint density at radius 1 is 1.21 bits per heavy atom. The van der Waals surface area contributed by atoms with E-state index in [1.807, 2.05) is 12.1 Å². The van der Waals surface area contributed by atoms with Crippen LogP contribution in [-0.2, 0) is 18.2 Å². The van der Waals surface area contributed by atoms with Gasteiger partial charge in [0.05, 0.1) is 18.7 Å². The van der Waals surface area contributed by atoms with Gasteiger partial charge in [-0.2, -0.15) is 0 Å². The number of benzene rings is 1. The number of aromatic carboxylic acids is 1. The van der Waals surface area contributed by atoms with Crippen LogP contribution in [0.4, 0.5) is 0 Å². The summed E-state index contributed by atoms with van der Waals surface area (Å²) in [7, 11) is 1.74. The van der Waals surface area contributed by atoms with Gasteiger partial charge in [0.15, 0.2) is 0 Å². The van der Waals surface area contributed by atoms with Crippen molar-refractivity contribution in [2.45, 2.75) is 25.7 Å². The minimum absolute atomic E-state index is 0.0460. The van der Waals surface area contributed by atoms with Crippen molar-refractivity contribution in [3.63, 3.8) is 0 Å². The second-order valence-electron chi connectivity index (χ2n) is 5.79. The third kappa shape index (κ3) is 4.43. The molecule has 6 heteroatoms. The van der Waals surface area contributed by atoms with Crippen LogP contribution in [0.2, 0.25) is 0 Å². The molecule has 130 valence electrons. The SMILES string of the molecule is Cn1cc(C(=O)O)c(=O)c2cc(CCCCCOCCO)ccc21. The molecule has 0 bridgehead atoms. The number of carboxylic acid groups (broad SMARTS) is 1. The predicted molar refractivity (Wildman–Crippen MR) is 91.6 cm³/mol. The normalized spacial score (nSPS) is 11.1. The molecule has 0 fully saturated rings. The number of carboxylic acids is 1. The third-order valence-electron chi connectivity index (χ3n) is 3.97. The van der Waals surface area contributed by atoms with Crippen LogP contribution in [-0.4, -0.2) is 40.6 Å². The van der Waals surface area contributed by atoms with Crippen molar-refractivity contribution in [1.29, 1.82) is 0 Å². The summed E-state index contributed by atoms with van der Waals surface area (Å²) in [6.07, 6.45) is 5.08. The Hall–Kier alpha value is -2.18. The van der Waals surface area contributed by atoms with Gasteiger partial charge in [0.1, 0.15) is 5.56 Å². The Bertz CT molecular complexity index is 766. The Kier molecular flexibility index (Phi) is 6.52. The van der Waals surface area contributed by atoms with Crippen molar-refractivity contribution >= 4 is 16.9 Å². The molecule has 6 nitrogen and oxygen atoms in total. The number of nitrogens with zero attached hydrogens (tertiary/aromatic N) is 1. The first-order valence-electron chi connectivity index (χ1n) is 8.08. The average Bonchev–Trinajstić information content (AvgIpc) is 2.57. The van der Waals surface area contributed by atoms with E-state index in [1.54, 1.807) is 17.7 Å². The zero-order valence-electron chi connectivity index (χ0n) is 13.8. The van der Waals surface area contributed by atoms with Gasteiger partial charge in [0, 0.05) is 25.2 Å². The zero-order chi connectivity index (χ0) is 17.5. The molecule has 0 spiro atoms. The van der Waals surface area contributed by atoms with Gasteiger partial charge < -0.3 is 19.5 Å². The molecule has 1 heterocycles. The van der Waals surface area contributed by atoms with Crippen LogP contribution >= 0.6 is 0 Å². The van der Waals surface area contributed by atoms with E-state index in [0.717, 1.165) is 36.8 Å². The molecular formula is C18H23NO5. The molecule has 0 aliphatic rings. The van der Waals surface area contributed by atoms with E-state index in [9.17, 15) is 9.59 Å². The first kappa shape index (κ1) is 18.2. The highest BCUT2D eigenvalue weighted by atomic mass is 16.5. The topological polar surface area (TPSA) is 88.8 Å². The second kappa shape index (κ2) is 8.61. The average molecular weight is 333 g/mol. The molecular weight excluding hydrogens is 310 g/mol. The number of fused-ring (bicyclic) bond motifs is 1. The van der Waals surface area contributed by atoms with Gasteiger partial charge in [-0.05, 0) is 37.0 Å². The predicted octanol–water partition coefficient (Wildman–Crippen LogP) is 1.96. The monoisotopic (exact) mass is 333 g/mol. The molecule has 0 atom stereocenters. The standard InChI is InChI=1S/C18H23NO5/c1-19-12-15(18(22)23)17(21)14-11-13(6-7-16(14)19)5-3-2-4-9-24-10-8-20/h6-7,11-12,20H,2-5,8-10H2,1H3,(H,22,23). The lowest BCUT2D eigenvalue weighted by Gasteiger charge is -2.09. The highest BCUT2D eigenvalue weighted by molar-refractivity contribution is 5.92. The summed E-state index contributed by atoms with van der Waals surface area (Å²) in [5, 5.41) is 18.2. The number of ether oxygens (including phenoxy) is 1. The first-order chi connectivity index (χ1) is 11.5. The molecule has 0 aliphatic heterocycles. The highest BCUT2D eigenvalue weighted by Gasteiger charge is 2.13. The molecule has 0 radical (unpaired) electrons. The number of aliphatic hydroxyl groups is 1. The molecule has 2 N–H and O–H groups in total. The number of carbonyl (C=O) groups is 1. The van der Waals surface area contributed by atoms with Crippen LogP contribution in [0, 0.1) is 0 Å². The number of unbranched alkanes of at least 4 members (excludes halogenated alkanes) is 2. The molecule has 0 saturated heterocycles. The van der Waals surface area contributed by atoms with Crippen LogP contribution in [0.1, 0.15) is 35.2 Å². The second-order valence-corrected chi connectivity index (χ2v) is 5.79.